The van der Waals surface area contributed by atoms with Gasteiger partial charge in [0.05, 0.1) is 46.2 Å². The van der Waals surface area contributed by atoms with Gasteiger partial charge >= 0.3 is 0 Å². The number of ether oxygens (including phenoxy) is 6. The largest absolute Gasteiger partial charge is 0.504 e. The fourth-order valence-electron chi connectivity index (χ4n) is 5.35. The highest BCUT2D eigenvalue weighted by Gasteiger charge is 2.49. The van der Waals surface area contributed by atoms with Crippen molar-refractivity contribution in [3.63, 3.8) is 0 Å². The third-order valence-electron chi connectivity index (χ3n) is 7.40. The van der Waals surface area contributed by atoms with Gasteiger partial charge in [-0.3, -0.25) is 0 Å². The molecule has 0 aromatic heterocycles. The molecule has 3 aliphatic rings. The summed E-state index contributed by atoms with van der Waals surface area (Å²) in [7, 11) is 2.98. The summed E-state index contributed by atoms with van der Waals surface area (Å²) in [6.07, 6.45) is -7.41. The molecule has 0 unspecified atom stereocenters. The molecule has 0 bridgehead atoms. The van der Waals surface area contributed by atoms with E-state index in [0.717, 1.165) is 11.1 Å². The molecule has 5 rings (SSSR count). The van der Waals surface area contributed by atoms with E-state index >= 15 is 0 Å². The van der Waals surface area contributed by atoms with Crippen molar-refractivity contribution in [1.82, 2.24) is 0 Å². The maximum absolute atomic E-state index is 10.3. The number of aliphatic hydroxyl groups is 4. The Labute approximate surface area is 213 Å². The van der Waals surface area contributed by atoms with Crippen LogP contribution in [-0.4, -0.2) is 90.3 Å². The molecule has 3 saturated heterocycles. The third-order valence-corrected chi connectivity index (χ3v) is 7.40. The van der Waals surface area contributed by atoms with Crippen molar-refractivity contribution < 1.29 is 54.0 Å². The summed E-state index contributed by atoms with van der Waals surface area (Å²) in [6.45, 7) is 0.436. The van der Waals surface area contributed by atoms with Crippen LogP contribution in [0.3, 0.4) is 0 Å². The van der Waals surface area contributed by atoms with Crippen LogP contribution in [0.1, 0.15) is 23.3 Å². The highest BCUT2D eigenvalue weighted by molar-refractivity contribution is 5.45. The number of aliphatic hydroxyl groups excluding tert-OH is 4. The van der Waals surface area contributed by atoms with Crippen LogP contribution in [0.5, 0.6) is 23.0 Å². The lowest BCUT2D eigenvalue weighted by atomic mass is 9.85. The van der Waals surface area contributed by atoms with Gasteiger partial charge in [0.25, 0.3) is 0 Å². The molecule has 3 aliphatic heterocycles. The minimum absolute atomic E-state index is 0.0689. The molecule has 0 radical (unpaired) electrons. The second-order valence-corrected chi connectivity index (χ2v) is 9.49. The van der Waals surface area contributed by atoms with Crippen LogP contribution in [0.4, 0.5) is 0 Å². The van der Waals surface area contributed by atoms with E-state index in [1.807, 2.05) is 12.1 Å². The van der Waals surface area contributed by atoms with Gasteiger partial charge in [-0.05, 0) is 35.4 Å². The number of hydrogen-bond acceptors (Lipinski definition) is 11. The fourth-order valence-corrected chi connectivity index (χ4v) is 5.35. The monoisotopic (exact) mass is 520 g/mol. The molecular weight excluding hydrogens is 488 g/mol. The van der Waals surface area contributed by atoms with Gasteiger partial charge in [0, 0.05) is 11.8 Å². The first-order chi connectivity index (χ1) is 17.9. The molecule has 0 saturated carbocycles. The first-order valence-electron chi connectivity index (χ1n) is 12.1. The summed E-state index contributed by atoms with van der Waals surface area (Å²) >= 11 is 0. The van der Waals surface area contributed by atoms with Crippen LogP contribution < -0.4 is 14.2 Å². The van der Waals surface area contributed by atoms with Crippen LogP contribution >= 0.6 is 0 Å². The van der Waals surface area contributed by atoms with E-state index in [1.54, 1.807) is 24.3 Å². The average molecular weight is 521 g/mol. The number of fused-ring (bicyclic) bond motifs is 1. The van der Waals surface area contributed by atoms with Gasteiger partial charge < -0.3 is 54.0 Å². The van der Waals surface area contributed by atoms with Crippen LogP contribution in [-0.2, 0) is 14.2 Å². The molecule has 5 N–H and O–H groups in total. The van der Waals surface area contributed by atoms with Crippen molar-refractivity contribution >= 4 is 0 Å². The number of methoxy groups -OCH3 is 2. The Morgan fingerprint density at radius 3 is 1.97 bits per heavy atom. The Hall–Kier alpha value is -2.64. The van der Waals surface area contributed by atoms with Crippen molar-refractivity contribution in [3.05, 3.63) is 47.5 Å². The number of phenolic OH excluding ortho intramolecular Hbond substituents is 1. The number of phenols is 1. The lowest BCUT2D eigenvalue weighted by molar-refractivity contribution is -0.277. The predicted octanol–water partition coefficient (Wildman–Crippen LogP) is 0.663. The van der Waals surface area contributed by atoms with Gasteiger partial charge in [-0.2, -0.15) is 0 Å². The molecule has 37 heavy (non-hydrogen) atoms. The fraction of sp³-hybridized carbons (Fsp3) is 0.538. The summed E-state index contributed by atoms with van der Waals surface area (Å²) in [5.74, 6) is 1.27. The Balaban J connectivity index is 1.32. The van der Waals surface area contributed by atoms with Gasteiger partial charge in [-0.25, -0.2) is 0 Å². The average Bonchev–Trinajstić information content (AvgIpc) is 3.52. The molecule has 11 heteroatoms. The van der Waals surface area contributed by atoms with E-state index in [2.05, 4.69) is 0 Å². The molecule has 2 aromatic carbocycles. The lowest BCUT2D eigenvalue weighted by Gasteiger charge is -2.39. The zero-order chi connectivity index (χ0) is 26.3. The van der Waals surface area contributed by atoms with E-state index in [-0.39, 0.29) is 35.5 Å². The zero-order valence-corrected chi connectivity index (χ0v) is 20.5. The van der Waals surface area contributed by atoms with Crippen LogP contribution in [0.15, 0.2) is 36.4 Å². The van der Waals surface area contributed by atoms with Crippen molar-refractivity contribution in [2.24, 2.45) is 11.8 Å². The van der Waals surface area contributed by atoms with Gasteiger partial charge in [0.1, 0.15) is 24.4 Å². The third kappa shape index (κ3) is 4.72. The number of hydrogen-bond donors (Lipinski definition) is 5. The molecule has 3 fully saturated rings. The second-order valence-electron chi connectivity index (χ2n) is 9.49. The van der Waals surface area contributed by atoms with Crippen molar-refractivity contribution in [2.75, 3.05) is 34.0 Å². The van der Waals surface area contributed by atoms with E-state index < -0.39 is 37.3 Å². The lowest BCUT2D eigenvalue weighted by Crippen LogP contribution is -2.60. The molecule has 0 spiro atoms. The van der Waals surface area contributed by atoms with Gasteiger partial charge in [0.2, 0.25) is 6.29 Å². The molecule has 11 nitrogen and oxygen atoms in total. The standard InChI is InChI=1S/C26H32O11/c1-32-18-7-12(3-5-16(18)28)24-14-10-35-25(15(14)11-34-24)13-4-6-17(19(8-13)33-2)36-26-23(31)22(30)21(29)20(9-27)37-26/h3-8,14-15,20-31H,9-11H2,1-2H3/t14-,15-,20+,21-,22-,23+,24+,25+,26-/m0/s1. The zero-order valence-electron chi connectivity index (χ0n) is 20.5. The van der Waals surface area contributed by atoms with Gasteiger partial charge in [-0.1, -0.05) is 12.1 Å². The topological polar surface area (TPSA) is 157 Å². The SMILES string of the molecule is COc1cc([C@H]2OC[C@H]3[C@@H]2CO[C@@H]3c2ccc(O[C@H]3O[C@H](CO)[C@H](O)[C@H](O)[C@H]3O)c(OC)c2)ccc1O. The molecule has 2 aromatic rings. The minimum Gasteiger partial charge on any atom is -0.504 e. The van der Waals surface area contributed by atoms with Crippen LogP contribution in [0.25, 0.3) is 0 Å². The van der Waals surface area contributed by atoms with E-state index in [9.17, 15) is 25.5 Å². The van der Waals surface area contributed by atoms with Crippen molar-refractivity contribution in [2.45, 2.75) is 42.9 Å². The predicted molar refractivity (Wildman–Crippen MR) is 126 cm³/mol. The maximum atomic E-state index is 10.3. The van der Waals surface area contributed by atoms with Gasteiger partial charge in [0.15, 0.2) is 23.0 Å². The normalized spacial score (nSPS) is 35.2. The Bertz CT molecular complexity index is 1090. The van der Waals surface area contributed by atoms with Crippen molar-refractivity contribution in [3.8, 4) is 23.0 Å². The Morgan fingerprint density at radius 1 is 0.784 bits per heavy atom. The van der Waals surface area contributed by atoms with E-state index in [1.165, 1.54) is 14.2 Å². The molecule has 0 aliphatic carbocycles. The Kier molecular flexibility index (Phi) is 7.46. The highest BCUT2D eigenvalue weighted by atomic mass is 16.7. The Morgan fingerprint density at radius 2 is 1.38 bits per heavy atom. The quantitative estimate of drug-likeness (QED) is 0.349. The molecule has 202 valence electrons. The van der Waals surface area contributed by atoms with Crippen molar-refractivity contribution in [1.29, 1.82) is 0 Å². The number of rotatable bonds is 7. The molecule has 9 atom stereocenters. The highest BCUT2D eigenvalue weighted by Crippen LogP contribution is 2.51. The van der Waals surface area contributed by atoms with Gasteiger partial charge in [-0.15, -0.1) is 0 Å². The van der Waals surface area contributed by atoms with E-state index in [0.29, 0.717) is 24.7 Å². The second kappa shape index (κ2) is 10.6. The van der Waals surface area contributed by atoms with Crippen LogP contribution in [0, 0.1) is 11.8 Å². The molecular formula is C26H32O11. The minimum atomic E-state index is -1.55. The number of benzene rings is 2. The summed E-state index contributed by atoms with van der Waals surface area (Å²) in [4.78, 5) is 0. The molecule has 3 heterocycles. The number of aromatic hydroxyl groups is 1. The first kappa shape index (κ1) is 26.0. The smallest absolute Gasteiger partial charge is 0.229 e. The summed E-state index contributed by atoms with van der Waals surface area (Å²) in [6, 6.07) is 10.5. The van der Waals surface area contributed by atoms with Crippen LogP contribution in [0.2, 0.25) is 0 Å². The molecule has 0 amide bonds. The summed E-state index contributed by atoms with van der Waals surface area (Å²) in [5, 5.41) is 49.7. The maximum Gasteiger partial charge on any atom is 0.229 e. The van der Waals surface area contributed by atoms with E-state index in [4.69, 9.17) is 28.4 Å². The summed E-state index contributed by atoms with van der Waals surface area (Å²) in [5.41, 5.74) is 1.77. The first-order valence-corrected chi connectivity index (χ1v) is 12.1. The summed E-state index contributed by atoms with van der Waals surface area (Å²) < 4.78 is 34.3.